The molecule has 0 unspecified atom stereocenters. The lowest BCUT2D eigenvalue weighted by Crippen LogP contribution is -2.14. The van der Waals surface area contributed by atoms with Crippen LogP contribution >= 0.6 is 11.6 Å². The molecular weight excluding hydrogens is 488 g/mol. The van der Waals surface area contributed by atoms with E-state index in [4.69, 9.17) is 21.3 Å². The lowest BCUT2D eigenvalue weighted by atomic mass is 9.85. The number of nitrogens with one attached hydrogen (secondary N) is 2. The fourth-order valence-corrected chi connectivity index (χ4v) is 4.51. The van der Waals surface area contributed by atoms with Crippen LogP contribution in [0, 0.1) is 0 Å². The van der Waals surface area contributed by atoms with Crippen molar-refractivity contribution in [1.82, 2.24) is 15.0 Å². The first-order chi connectivity index (χ1) is 16.4. The largest absolute Gasteiger partial charge is 0.482 e. The molecule has 2 aromatic carbocycles. The summed E-state index contributed by atoms with van der Waals surface area (Å²) in [4.78, 5) is 25.0. The monoisotopic (exact) mass is 512 g/mol. The van der Waals surface area contributed by atoms with Gasteiger partial charge in [0.25, 0.3) is 5.56 Å². The number of hydrogen-bond donors (Lipinski definition) is 2. The Morgan fingerprint density at radius 2 is 1.74 bits per heavy atom. The van der Waals surface area contributed by atoms with Crippen molar-refractivity contribution in [3.05, 3.63) is 69.6 Å². The topological polar surface area (TPSA) is 114 Å². The molecule has 0 aliphatic rings. The molecular formula is C25H25ClN4O4S. The predicted molar refractivity (Wildman–Crippen MR) is 140 cm³/mol. The van der Waals surface area contributed by atoms with E-state index < -0.39 is 10.0 Å². The zero-order valence-corrected chi connectivity index (χ0v) is 21.5. The van der Waals surface area contributed by atoms with E-state index in [0.29, 0.717) is 50.0 Å². The first-order valence-electron chi connectivity index (χ1n) is 10.7. The second-order valence-corrected chi connectivity index (χ2v) is 11.4. The van der Waals surface area contributed by atoms with Gasteiger partial charge in [0, 0.05) is 22.4 Å². The maximum atomic E-state index is 12.8. The maximum Gasteiger partial charge on any atom is 0.258 e. The van der Waals surface area contributed by atoms with Gasteiger partial charge in [-0.2, -0.15) is 0 Å². The summed E-state index contributed by atoms with van der Waals surface area (Å²) in [5, 5.41) is 0.325. The van der Waals surface area contributed by atoms with Crippen LogP contribution in [0.1, 0.15) is 26.3 Å². The molecule has 10 heteroatoms. The minimum absolute atomic E-state index is 0.212. The number of hydrogen-bond acceptors (Lipinski definition) is 6. The van der Waals surface area contributed by atoms with Crippen molar-refractivity contribution in [2.75, 3.05) is 18.1 Å². The highest BCUT2D eigenvalue weighted by Gasteiger charge is 2.20. The Labute approximate surface area is 208 Å². The number of sulfonamides is 1. The Bertz CT molecular complexity index is 1610. The number of halogens is 1. The quantitative estimate of drug-likeness (QED) is 0.389. The minimum atomic E-state index is -3.43. The number of aromatic amines is 1. The molecule has 8 nitrogen and oxygen atoms in total. The van der Waals surface area contributed by atoms with Crippen molar-refractivity contribution in [2.45, 2.75) is 26.2 Å². The van der Waals surface area contributed by atoms with Crippen LogP contribution in [-0.2, 0) is 15.4 Å². The van der Waals surface area contributed by atoms with E-state index >= 15 is 0 Å². The average molecular weight is 513 g/mol. The third-order valence-electron chi connectivity index (χ3n) is 5.45. The van der Waals surface area contributed by atoms with Crippen molar-refractivity contribution in [3.63, 3.8) is 0 Å². The molecule has 2 N–H and O–H groups in total. The molecule has 0 saturated heterocycles. The van der Waals surface area contributed by atoms with Crippen LogP contribution in [-0.4, -0.2) is 36.7 Å². The summed E-state index contributed by atoms with van der Waals surface area (Å²) in [6.45, 7) is 6.24. The summed E-state index contributed by atoms with van der Waals surface area (Å²) in [6.07, 6.45) is 2.66. The van der Waals surface area contributed by atoms with Crippen LogP contribution in [0.2, 0.25) is 5.02 Å². The number of pyridine rings is 1. The molecule has 182 valence electrons. The summed E-state index contributed by atoms with van der Waals surface area (Å²) in [7, 11) is -1.94. The van der Waals surface area contributed by atoms with Crippen LogP contribution in [0.4, 0.5) is 5.69 Å². The molecule has 0 aliphatic heterocycles. The molecule has 0 atom stereocenters. The zero-order chi connectivity index (χ0) is 25.5. The molecule has 4 aromatic rings. The molecule has 0 spiro atoms. The van der Waals surface area contributed by atoms with Gasteiger partial charge in [0.1, 0.15) is 0 Å². The third-order valence-corrected chi connectivity index (χ3v) is 6.37. The van der Waals surface area contributed by atoms with E-state index in [-0.39, 0.29) is 11.0 Å². The number of ether oxygens (including phenoxy) is 1. The van der Waals surface area contributed by atoms with Gasteiger partial charge in [0.2, 0.25) is 10.0 Å². The lowest BCUT2D eigenvalue weighted by Gasteiger charge is -2.21. The second kappa shape index (κ2) is 8.98. The van der Waals surface area contributed by atoms with Gasteiger partial charge < -0.3 is 4.74 Å². The Morgan fingerprint density at radius 3 is 2.34 bits per heavy atom. The van der Waals surface area contributed by atoms with Gasteiger partial charge in [-0.25, -0.2) is 13.4 Å². The number of nitrogens with zero attached hydrogens (tertiary/aromatic N) is 2. The normalized spacial score (nSPS) is 12.1. The molecule has 35 heavy (non-hydrogen) atoms. The van der Waals surface area contributed by atoms with E-state index in [1.165, 1.54) is 13.2 Å². The fourth-order valence-electron chi connectivity index (χ4n) is 3.68. The molecule has 0 bridgehead atoms. The Balaban J connectivity index is 1.90. The summed E-state index contributed by atoms with van der Waals surface area (Å²) in [5.74, 6) is 0.367. The van der Waals surface area contributed by atoms with E-state index in [9.17, 15) is 13.2 Å². The number of anilines is 1. The second-order valence-electron chi connectivity index (χ2n) is 9.24. The summed E-state index contributed by atoms with van der Waals surface area (Å²) in [5.41, 5.74) is 4.26. The summed E-state index contributed by atoms with van der Waals surface area (Å²) >= 11 is 6.46. The minimum Gasteiger partial charge on any atom is -0.482 e. The number of methoxy groups -OCH3 is 1. The molecule has 4 rings (SSSR count). The lowest BCUT2D eigenvalue weighted by molar-refractivity contribution is 0.397. The van der Waals surface area contributed by atoms with Gasteiger partial charge in [0.15, 0.2) is 5.88 Å². The molecule has 2 heterocycles. The average Bonchev–Trinajstić information content (AvgIpc) is 2.76. The number of fused-ring (bicyclic) bond motifs is 1. The van der Waals surface area contributed by atoms with Crippen LogP contribution in [0.3, 0.4) is 0 Å². The van der Waals surface area contributed by atoms with E-state index in [0.717, 1.165) is 11.8 Å². The van der Waals surface area contributed by atoms with Crippen LogP contribution in [0.5, 0.6) is 5.88 Å². The Hall–Kier alpha value is -3.43. The maximum absolute atomic E-state index is 12.8. The fraction of sp³-hybridized carbons (Fsp3) is 0.240. The molecule has 0 radical (unpaired) electrons. The Kier molecular flexibility index (Phi) is 6.33. The van der Waals surface area contributed by atoms with Crippen molar-refractivity contribution in [2.24, 2.45) is 0 Å². The molecule has 0 fully saturated rings. The number of H-pyrrole nitrogens is 1. The van der Waals surface area contributed by atoms with Gasteiger partial charge in [-0.15, -0.1) is 0 Å². The van der Waals surface area contributed by atoms with Gasteiger partial charge in [-0.05, 0) is 53.4 Å². The number of rotatable bonds is 5. The zero-order valence-electron chi connectivity index (χ0n) is 19.9. The van der Waals surface area contributed by atoms with Crippen LogP contribution in [0.15, 0.2) is 53.5 Å². The van der Waals surface area contributed by atoms with Crippen molar-refractivity contribution in [3.8, 4) is 28.3 Å². The SMILES string of the molecule is COc1ccc(-c2cc(C(C)(C)C)cc3nc(-c4ccc(NS(C)(=O)=O)cc4Cl)cnc23)c(=O)[nH]1. The van der Waals surface area contributed by atoms with Crippen molar-refractivity contribution < 1.29 is 13.2 Å². The first kappa shape index (κ1) is 24.7. The van der Waals surface area contributed by atoms with Crippen molar-refractivity contribution in [1.29, 1.82) is 0 Å². The highest BCUT2D eigenvalue weighted by molar-refractivity contribution is 7.92. The predicted octanol–water partition coefficient (Wildman–Crippen LogP) is 4.98. The Morgan fingerprint density at radius 1 is 1.03 bits per heavy atom. The van der Waals surface area contributed by atoms with Gasteiger partial charge in [-0.1, -0.05) is 32.4 Å². The smallest absolute Gasteiger partial charge is 0.258 e. The van der Waals surface area contributed by atoms with E-state index in [1.807, 2.05) is 12.1 Å². The van der Waals surface area contributed by atoms with Gasteiger partial charge in [0.05, 0.1) is 41.3 Å². The summed E-state index contributed by atoms with van der Waals surface area (Å²) < 4.78 is 30.6. The highest BCUT2D eigenvalue weighted by atomic mass is 35.5. The van der Waals surface area contributed by atoms with E-state index in [1.54, 1.807) is 30.5 Å². The summed E-state index contributed by atoms with van der Waals surface area (Å²) in [6, 6.07) is 12.2. The first-order valence-corrected chi connectivity index (χ1v) is 13.0. The molecule has 0 saturated carbocycles. The number of benzene rings is 2. The van der Waals surface area contributed by atoms with E-state index in [2.05, 4.69) is 35.5 Å². The standard InChI is InChI=1S/C25H25ClN4O4S/c1-25(2,3)14-10-18(16-8-9-22(34-4)29-24(16)31)23-20(11-14)28-21(13-27-23)17-7-6-15(12-19(17)26)30-35(5,32)33/h6-13,30H,1-5H3,(H,29,31). The van der Waals surface area contributed by atoms with Crippen molar-refractivity contribution >= 4 is 38.3 Å². The van der Waals surface area contributed by atoms with Crippen LogP contribution in [0.25, 0.3) is 33.4 Å². The molecule has 0 aliphatic carbocycles. The van der Waals surface area contributed by atoms with Crippen LogP contribution < -0.4 is 15.0 Å². The molecule has 2 aromatic heterocycles. The number of aromatic nitrogens is 3. The van der Waals surface area contributed by atoms with Gasteiger partial charge in [-0.3, -0.25) is 19.5 Å². The van der Waals surface area contributed by atoms with Gasteiger partial charge >= 0.3 is 0 Å². The highest BCUT2D eigenvalue weighted by Crippen LogP contribution is 2.35. The molecule has 0 amide bonds. The third kappa shape index (κ3) is 5.31.